The number of rotatable bonds is 6. The van der Waals surface area contributed by atoms with Gasteiger partial charge in [-0.05, 0) is 57.0 Å². The summed E-state index contributed by atoms with van der Waals surface area (Å²) in [4.78, 5) is 28.6. The molecular weight excluding hydrogens is 507 g/mol. The number of carbonyl (C=O) groups excluding carboxylic acids is 1. The summed E-state index contributed by atoms with van der Waals surface area (Å²) in [5.74, 6) is 0.472. The zero-order valence-corrected chi connectivity index (χ0v) is 23.0. The number of aromatic nitrogens is 2. The highest BCUT2D eigenvalue weighted by Crippen LogP contribution is 2.47. The largest absolute Gasteiger partial charge is 0.462 e. The Morgan fingerprint density at radius 2 is 2.17 bits per heavy atom. The van der Waals surface area contributed by atoms with Gasteiger partial charge in [-0.15, -0.1) is 0 Å². The van der Waals surface area contributed by atoms with E-state index in [1.807, 2.05) is 12.1 Å². The lowest BCUT2D eigenvalue weighted by Gasteiger charge is -2.42. The monoisotopic (exact) mass is 542 g/mol. The maximum atomic E-state index is 14.6. The molecule has 2 aromatic rings. The first kappa shape index (κ1) is 26.5. The Morgan fingerprint density at radius 3 is 2.95 bits per heavy atom. The molecule has 8 nitrogen and oxygen atoms in total. The lowest BCUT2D eigenvalue weighted by molar-refractivity contribution is -0.128. The van der Waals surface area contributed by atoms with Crippen LogP contribution in [0.25, 0.3) is 6.08 Å². The molecule has 1 spiro atoms. The summed E-state index contributed by atoms with van der Waals surface area (Å²) >= 11 is 0. The van der Waals surface area contributed by atoms with Crippen LogP contribution in [0.2, 0.25) is 0 Å². The van der Waals surface area contributed by atoms with E-state index in [4.69, 9.17) is 14.7 Å². The second kappa shape index (κ2) is 10.7. The highest BCUT2D eigenvalue weighted by atomic mass is 19.1. The Bertz CT molecular complexity index is 1400. The van der Waals surface area contributed by atoms with Crippen LogP contribution in [0.1, 0.15) is 48.1 Å². The quantitative estimate of drug-likeness (QED) is 0.515. The summed E-state index contributed by atoms with van der Waals surface area (Å²) in [5.41, 5.74) is 3.38. The van der Waals surface area contributed by atoms with Crippen molar-refractivity contribution in [2.45, 2.75) is 56.0 Å². The minimum Gasteiger partial charge on any atom is -0.462 e. The first-order valence-electron chi connectivity index (χ1n) is 14.2. The van der Waals surface area contributed by atoms with Crippen LogP contribution in [0.15, 0.2) is 36.9 Å². The van der Waals surface area contributed by atoms with Gasteiger partial charge in [0, 0.05) is 48.6 Å². The third-order valence-corrected chi connectivity index (χ3v) is 9.16. The molecule has 0 bridgehead atoms. The standard InChI is InChI=1S/C31H35FN6O2/c1-3-28(39)38-17-16-37(19-21(38)11-14-33)29-24-10-13-31(12-9-23-25(31)7-4-8-26(23)32)18-27(24)34-30(35-29)40-20-22-6-5-15-36(22)2/h3-4,7-9,12,21-22H,1,5-6,10-11,13,15-20H2,2H3/t21-,22-,31-/m0/s1. The van der Waals surface area contributed by atoms with E-state index in [1.54, 1.807) is 11.0 Å². The van der Waals surface area contributed by atoms with E-state index in [0.29, 0.717) is 50.3 Å². The molecule has 40 heavy (non-hydrogen) atoms. The van der Waals surface area contributed by atoms with Crippen molar-refractivity contribution in [1.82, 2.24) is 19.8 Å². The highest BCUT2D eigenvalue weighted by Gasteiger charge is 2.42. The Balaban J connectivity index is 1.34. The summed E-state index contributed by atoms with van der Waals surface area (Å²) in [7, 11) is 2.12. The van der Waals surface area contributed by atoms with Crippen molar-refractivity contribution >= 4 is 17.8 Å². The van der Waals surface area contributed by atoms with E-state index < -0.39 is 0 Å². The molecule has 0 N–H and O–H groups in total. The van der Waals surface area contributed by atoms with Crippen molar-refractivity contribution in [2.75, 3.05) is 44.7 Å². The number of likely N-dealkylation sites (tertiary alicyclic amines) is 1. The molecule has 9 heteroatoms. The fourth-order valence-corrected chi connectivity index (χ4v) is 6.90. The van der Waals surface area contributed by atoms with Gasteiger partial charge in [-0.2, -0.15) is 15.2 Å². The predicted octanol–water partition coefficient (Wildman–Crippen LogP) is 3.66. The van der Waals surface area contributed by atoms with E-state index >= 15 is 0 Å². The van der Waals surface area contributed by atoms with Gasteiger partial charge < -0.3 is 19.4 Å². The predicted molar refractivity (Wildman–Crippen MR) is 150 cm³/mol. The summed E-state index contributed by atoms with van der Waals surface area (Å²) in [6.45, 7) is 6.79. The molecule has 1 aromatic carbocycles. The first-order chi connectivity index (χ1) is 19.4. The number of allylic oxidation sites excluding steroid dienone is 1. The van der Waals surface area contributed by atoms with Crippen LogP contribution in [0.5, 0.6) is 6.01 Å². The summed E-state index contributed by atoms with van der Waals surface area (Å²) in [5, 5.41) is 9.48. The van der Waals surface area contributed by atoms with Crippen LogP contribution in [0.4, 0.5) is 10.2 Å². The molecule has 0 saturated carbocycles. The summed E-state index contributed by atoms with van der Waals surface area (Å²) in [6, 6.07) is 8.00. The van der Waals surface area contributed by atoms with Gasteiger partial charge in [0.25, 0.3) is 0 Å². The van der Waals surface area contributed by atoms with Crippen LogP contribution in [0, 0.1) is 17.1 Å². The van der Waals surface area contributed by atoms with E-state index in [1.165, 1.54) is 12.1 Å². The van der Waals surface area contributed by atoms with Gasteiger partial charge >= 0.3 is 6.01 Å². The molecule has 2 aliphatic heterocycles. The summed E-state index contributed by atoms with van der Waals surface area (Å²) < 4.78 is 20.9. The number of fused-ring (bicyclic) bond motifs is 3. The van der Waals surface area contributed by atoms with Crippen LogP contribution in [0.3, 0.4) is 0 Å². The average Bonchev–Trinajstić information content (AvgIpc) is 3.54. The number of amides is 1. The third kappa shape index (κ3) is 4.64. The highest BCUT2D eigenvalue weighted by molar-refractivity contribution is 5.87. The van der Waals surface area contributed by atoms with Crippen molar-refractivity contribution in [1.29, 1.82) is 5.26 Å². The SMILES string of the molecule is C=CC(=O)N1CCN(c2nc(OC[C@@H]3CCCN3C)nc3c2CC[C@@]2(C=Cc4c(F)cccc42)C3)C[C@@H]1CC#N. The normalized spacial score (nSPS) is 25.5. The first-order valence-corrected chi connectivity index (χ1v) is 14.2. The molecule has 0 unspecified atom stereocenters. The molecule has 1 amide bonds. The number of hydrogen-bond donors (Lipinski definition) is 0. The van der Waals surface area contributed by atoms with Crippen LogP contribution < -0.4 is 9.64 Å². The maximum absolute atomic E-state index is 14.6. The molecule has 2 fully saturated rings. The lowest BCUT2D eigenvalue weighted by atomic mass is 9.70. The minimum absolute atomic E-state index is 0.157. The van der Waals surface area contributed by atoms with Gasteiger partial charge in [-0.1, -0.05) is 30.9 Å². The van der Waals surface area contributed by atoms with Crippen LogP contribution in [-0.2, 0) is 23.1 Å². The number of carbonyl (C=O) groups is 1. The number of ether oxygens (including phenoxy) is 1. The van der Waals surface area contributed by atoms with Gasteiger partial charge in [0.05, 0.1) is 24.2 Å². The van der Waals surface area contributed by atoms with Gasteiger partial charge in [0.15, 0.2) is 0 Å². The van der Waals surface area contributed by atoms with E-state index in [0.717, 1.165) is 54.9 Å². The zero-order chi connectivity index (χ0) is 27.9. The molecule has 3 heterocycles. The lowest BCUT2D eigenvalue weighted by Crippen LogP contribution is -2.55. The molecule has 208 valence electrons. The minimum atomic E-state index is -0.308. The number of hydrogen-bond acceptors (Lipinski definition) is 7. The third-order valence-electron chi connectivity index (χ3n) is 9.16. The van der Waals surface area contributed by atoms with E-state index in [9.17, 15) is 14.4 Å². The van der Waals surface area contributed by atoms with Crippen molar-refractivity contribution in [3.63, 3.8) is 0 Å². The number of nitriles is 1. The molecule has 1 aromatic heterocycles. The molecule has 0 radical (unpaired) electrons. The molecule has 2 saturated heterocycles. The number of halogens is 1. The van der Waals surface area contributed by atoms with Crippen LogP contribution >= 0.6 is 0 Å². The van der Waals surface area contributed by atoms with Crippen molar-refractivity contribution in [3.8, 4) is 12.1 Å². The fraction of sp³-hybridized carbons (Fsp3) is 0.484. The second-order valence-electron chi connectivity index (χ2n) is 11.4. The van der Waals surface area contributed by atoms with E-state index in [2.05, 4.69) is 35.6 Å². The van der Waals surface area contributed by atoms with Gasteiger partial charge in [0.2, 0.25) is 5.91 Å². The molecule has 4 aliphatic rings. The van der Waals surface area contributed by atoms with Crippen molar-refractivity contribution in [3.05, 3.63) is 65.1 Å². The van der Waals surface area contributed by atoms with E-state index in [-0.39, 0.29) is 29.6 Å². The Morgan fingerprint density at radius 1 is 1.30 bits per heavy atom. The Labute approximate surface area is 234 Å². The fourth-order valence-electron chi connectivity index (χ4n) is 6.90. The second-order valence-corrected chi connectivity index (χ2v) is 11.4. The molecule has 6 rings (SSSR count). The van der Waals surface area contributed by atoms with Gasteiger partial charge in [-0.3, -0.25) is 4.79 Å². The Kier molecular flexibility index (Phi) is 7.05. The zero-order valence-electron chi connectivity index (χ0n) is 23.0. The topological polar surface area (TPSA) is 85.6 Å². The maximum Gasteiger partial charge on any atom is 0.318 e. The number of nitrogens with zero attached hydrogens (tertiary/aromatic N) is 6. The number of piperazine rings is 1. The van der Waals surface area contributed by atoms with Crippen molar-refractivity contribution in [2.24, 2.45) is 0 Å². The summed E-state index contributed by atoms with van der Waals surface area (Å²) in [6.07, 6.45) is 10.0. The molecule has 3 atom stereocenters. The average molecular weight is 543 g/mol. The smallest absolute Gasteiger partial charge is 0.318 e. The number of anilines is 1. The molecular formula is C31H35FN6O2. The Hall–Kier alpha value is -3.77. The number of benzene rings is 1. The van der Waals surface area contributed by atoms with Crippen molar-refractivity contribution < 1.29 is 13.9 Å². The van der Waals surface area contributed by atoms with Gasteiger partial charge in [-0.25, -0.2) is 4.39 Å². The molecule has 2 aliphatic carbocycles. The number of likely N-dealkylation sites (N-methyl/N-ethyl adjacent to an activating group) is 1. The van der Waals surface area contributed by atoms with Gasteiger partial charge in [0.1, 0.15) is 18.2 Å². The van der Waals surface area contributed by atoms with Crippen LogP contribution in [-0.4, -0.2) is 77.6 Å².